The lowest BCUT2D eigenvalue weighted by atomic mass is 9.63. The second kappa shape index (κ2) is 9.14. The molecule has 0 aromatic heterocycles. The number of aryl methyl sites for hydroxylation is 1. The van der Waals surface area contributed by atoms with E-state index in [9.17, 15) is 35.9 Å². The molecule has 5 rings (SSSR count). The summed E-state index contributed by atoms with van der Waals surface area (Å²) in [6.07, 6.45) is -5.49. The molecule has 210 valence electrons. The van der Waals surface area contributed by atoms with Gasteiger partial charge in [-0.1, -0.05) is 41.9 Å². The number of hydrogen-bond acceptors (Lipinski definition) is 2. The Bertz CT molecular complexity index is 1420. The summed E-state index contributed by atoms with van der Waals surface area (Å²) in [5, 5.41) is 0.468. The van der Waals surface area contributed by atoms with Crippen LogP contribution in [0.5, 0.6) is 0 Å². The normalized spacial score (nSPS) is 29.2. The average molecular weight is 576 g/mol. The van der Waals surface area contributed by atoms with Crippen LogP contribution in [0.15, 0.2) is 42.5 Å². The molecule has 3 aliphatic rings. The Kier molecular flexibility index (Phi) is 5.65. The monoisotopic (exact) mass is 575 g/mol. The lowest BCUT2D eigenvalue weighted by Gasteiger charge is -2.44. The van der Waals surface area contributed by atoms with E-state index >= 15 is 0 Å². The van der Waals surface area contributed by atoms with Crippen LogP contribution in [0.1, 0.15) is 52.6 Å². The van der Waals surface area contributed by atoms with Crippen molar-refractivity contribution in [3.05, 3.63) is 69.7 Å². The number of amides is 2. The van der Waals surface area contributed by atoms with E-state index in [4.69, 9.17) is 15.7 Å². The maximum atomic E-state index is 14.9. The topological polar surface area (TPSA) is 40.6 Å². The van der Waals surface area contributed by atoms with Crippen LogP contribution in [0.3, 0.4) is 0 Å². The van der Waals surface area contributed by atoms with Crippen LogP contribution in [0.4, 0.5) is 26.3 Å². The summed E-state index contributed by atoms with van der Waals surface area (Å²) >= 11 is 6.05. The second-order valence-corrected chi connectivity index (χ2v) is 11.2. The summed E-state index contributed by atoms with van der Waals surface area (Å²) in [6, 6.07) is 7.99. The Morgan fingerprint density at radius 2 is 1.85 bits per heavy atom. The Balaban J connectivity index is 1.57. The fourth-order valence-corrected chi connectivity index (χ4v) is 6.51. The molecular formula is C28H27ClF6N2O2. The van der Waals surface area contributed by atoms with Crippen LogP contribution >= 0.6 is 11.6 Å². The van der Waals surface area contributed by atoms with E-state index in [0.29, 0.717) is 29.5 Å². The molecule has 0 radical (unpaired) electrons. The van der Waals surface area contributed by atoms with Crippen LogP contribution in [0.2, 0.25) is 5.02 Å². The number of carbonyl (C=O) groups excluding carboxylic acids is 2. The molecule has 0 spiro atoms. The molecule has 3 unspecified atom stereocenters. The van der Waals surface area contributed by atoms with Crippen molar-refractivity contribution in [3.8, 4) is 0 Å². The fraction of sp³-hybridized carbons (Fsp3) is 0.500. The third-order valence-corrected chi connectivity index (χ3v) is 8.76. The van der Waals surface area contributed by atoms with Gasteiger partial charge in [0.2, 0.25) is 11.6 Å². The maximum absolute atomic E-state index is 14.9. The summed E-state index contributed by atoms with van der Waals surface area (Å²) in [6.45, 7) is -2.79. The van der Waals surface area contributed by atoms with E-state index < -0.39 is 66.0 Å². The first kappa shape index (κ1) is 24.1. The van der Waals surface area contributed by atoms with Gasteiger partial charge in [0, 0.05) is 34.1 Å². The number of benzene rings is 2. The zero-order chi connectivity index (χ0) is 31.0. The van der Waals surface area contributed by atoms with Gasteiger partial charge in [-0.15, -0.1) is 0 Å². The summed E-state index contributed by atoms with van der Waals surface area (Å²) in [5.74, 6) is -6.89. The molecule has 2 fully saturated rings. The van der Waals surface area contributed by atoms with Crippen LogP contribution in [-0.2, 0) is 33.5 Å². The Hall–Kier alpha value is -2.75. The van der Waals surface area contributed by atoms with Gasteiger partial charge in [-0.25, -0.2) is 4.39 Å². The van der Waals surface area contributed by atoms with E-state index in [1.54, 1.807) is 24.3 Å². The number of alkyl halides is 6. The first-order valence-corrected chi connectivity index (χ1v) is 12.8. The maximum Gasteiger partial charge on any atom is 0.426 e. The number of carbonyl (C=O) groups is 2. The van der Waals surface area contributed by atoms with Crippen molar-refractivity contribution in [2.24, 2.45) is 0 Å². The van der Waals surface area contributed by atoms with Crippen molar-refractivity contribution in [2.45, 2.75) is 74.3 Å². The molecule has 2 heterocycles. The number of likely N-dealkylation sites (tertiary alicyclic amines) is 2. The average Bonchev–Trinajstić information content (AvgIpc) is 3.38. The van der Waals surface area contributed by atoms with Crippen molar-refractivity contribution in [2.75, 3.05) is 13.5 Å². The first-order chi connectivity index (χ1) is 19.3. The van der Waals surface area contributed by atoms with Gasteiger partial charge in [-0.3, -0.25) is 9.59 Å². The van der Waals surface area contributed by atoms with Crippen LogP contribution in [-0.4, -0.2) is 59.3 Å². The van der Waals surface area contributed by atoms with E-state index in [-0.39, 0.29) is 30.7 Å². The first-order valence-electron chi connectivity index (χ1n) is 14.0. The van der Waals surface area contributed by atoms with E-state index in [1.165, 1.54) is 17.0 Å². The number of likely N-dealkylation sites (N-methyl/N-ethyl adjacent to an activating group) is 1. The van der Waals surface area contributed by atoms with Gasteiger partial charge in [-0.2, -0.15) is 22.0 Å². The minimum absolute atomic E-state index is 0.0171. The van der Waals surface area contributed by atoms with Crippen LogP contribution in [0, 0.1) is 0 Å². The van der Waals surface area contributed by atoms with Gasteiger partial charge in [0.25, 0.3) is 5.91 Å². The smallest absolute Gasteiger partial charge is 0.337 e. The lowest BCUT2D eigenvalue weighted by molar-refractivity contribution is -0.228. The SMILES string of the molecule is [2H]C([2H])([2H])N1C(=O)C(F)(F)C[C@H]1C(=O)N1CCC2(Cc3ccc(Cl)cc3)c3ccc(C(C)(F)C(F)(F)F)cc3CCC12. The van der Waals surface area contributed by atoms with E-state index in [1.807, 2.05) is 0 Å². The highest BCUT2D eigenvalue weighted by molar-refractivity contribution is 6.30. The molecule has 2 aliphatic heterocycles. The number of fused-ring (bicyclic) bond motifs is 3. The van der Waals surface area contributed by atoms with Crippen LogP contribution in [0.25, 0.3) is 0 Å². The van der Waals surface area contributed by atoms with Gasteiger partial charge in [0.1, 0.15) is 6.04 Å². The number of rotatable bonds is 4. The highest BCUT2D eigenvalue weighted by Crippen LogP contribution is 2.51. The molecule has 4 atom stereocenters. The molecule has 2 amide bonds. The number of nitrogens with zero attached hydrogens (tertiary/aromatic N) is 2. The minimum Gasteiger partial charge on any atom is -0.337 e. The van der Waals surface area contributed by atoms with Crippen molar-refractivity contribution in [1.29, 1.82) is 0 Å². The highest BCUT2D eigenvalue weighted by atomic mass is 35.5. The molecule has 0 saturated carbocycles. The summed E-state index contributed by atoms with van der Waals surface area (Å²) in [5.41, 5.74) is -3.19. The second-order valence-electron chi connectivity index (χ2n) is 10.8. The predicted octanol–water partition coefficient (Wildman–Crippen LogP) is 5.98. The van der Waals surface area contributed by atoms with E-state index in [2.05, 4.69) is 0 Å². The van der Waals surface area contributed by atoms with Gasteiger partial charge in [0.15, 0.2) is 0 Å². The largest absolute Gasteiger partial charge is 0.426 e. The minimum atomic E-state index is -5.15. The Morgan fingerprint density at radius 1 is 1.15 bits per heavy atom. The fourth-order valence-electron chi connectivity index (χ4n) is 6.38. The number of halogens is 7. The number of hydrogen-bond donors (Lipinski definition) is 0. The van der Waals surface area contributed by atoms with Crippen LogP contribution < -0.4 is 0 Å². The van der Waals surface area contributed by atoms with Gasteiger partial charge >= 0.3 is 12.1 Å². The molecule has 0 N–H and O–H groups in total. The Labute approximate surface area is 231 Å². The van der Waals surface area contributed by atoms with Gasteiger partial charge in [-0.05, 0) is 67.0 Å². The molecule has 4 nitrogen and oxygen atoms in total. The summed E-state index contributed by atoms with van der Waals surface area (Å²) in [7, 11) is 0. The van der Waals surface area contributed by atoms with Crippen molar-refractivity contribution in [3.63, 3.8) is 0 Å². The summed E-state index contributed by atoms with van der Waals surface area (Å²) < 4.78 is 107. The quantitative estimate of drug-likeness (QED) is 0.421. The molecular weight excluding hydrogens is 546 g/mol. The van der Waals surface area contributed by atoms with Crippen molar-refractivity contribution in [1.82, 2.24) is 9.80 Å². The van der Waals surface area contributed by atoms with Crippen molar-refractivity contribution >= 4 is 23.4 Å². The van der Waals surface area contributed by atoms with Crippen molar-refractivity contribution < 1.29 is 40.0 Å². The van der Waals surface area contributed by atoms with E-state index in [0.717, 1.165) is 11.6 Å². The predicted molar refractivity (Wildman–Crippen MR) is 132 cm³/mol. The third-order valence-electron chi connectivity index (χ3n) is 8.51. The zero-order valence-electron chi connectivity index (χ0n) is 23.8. The highest BCUT2D eigenvalue weighted by Gasteiger charge is 2.59. The molecule has 2 aromatic carbocycles. The summed E-state index contributed by atoms with van der Waals surface area (Å²) in [4.78, 5) is 27.4. The molecule has 1 aliphatic carbocycles. The van der Waals surface area contributed by atoms with Gasteiger partial charge in [0.05, 0.1) is 6.42 Å². The lowest BCUT2D eigenvalue weighted by Crippen LogP contribution is -2.53. The molecule has 11 heteroatoms. The molecule has 0 bridgehead atoms. The molecule has 39 heavy (non-hydrogen) atoms. The Morgan fingerprint density at radius 3 is 2.49 bits per heavy atom. The zero-order valence-corrected chi connectivity index (χ0v) is 21.6. The molecule has 2 saturated heterocycles. The molecule has 2 aromatic rings. The standard InChI is InChI=1S/C28H27ClF6N2O2/c1-25(30,28(33,34)35)18-6-9-20-17(13-18)5-10-22-26(20,14-16-3-7-19(29)8-4-16)11-12-37(22)23(38)21-15-27(31,32)24(39)36(21)2/h3-4,6-9,13,21-22H,5,10-12,14-15H2,1-2H3/t21-,22?,25?,26?/m0/s1/i2D3. The third kappa shape index (κ3) is 4.39. The van der Waals surface area contributed by atoms with Gasteiger partial charge < -0.3 is 9.80 Å².